The van der Waals surface area contributed by atoms with Crippen molar-refractivity contribution in [2.45, 2.75) is 32.5 Å². The molecule has 0 saturated carbocycles. The molecule has 0 spiro atoms. The summed E-state index contributed by atoms with van der Waals surface area (Å²) in [5.74, 6) is 2.00. The van der Waals surface area contributed by atoms with Crippen molar-refractivity contribution in [1.29, 1.82) is 0 Å². The molecule has 3 heterocycles. The zero-order chi connectivity index (χ0) is 16.4. The standard InChI is InChI=1S/C16H23N5OS/c1-11-12(2)18-16(23-4)19-15(11)21-7-5-20(6-8-21)9-14-13(3)22-10-17-14/h10H,5-9H2,1-4H3. The lowest BCUT2D eigenvalue weighted by Crippen LogP contribution is -2.46. The molecule has 3 rings (SSSR count). The van der Waals surface area contributed by atoms with Gasteiger partial charge in [0.2, 0.25) is 0 Å². The van der Waals surface area contributed by atoms with Crippen LogP contribution in [0.2, 0.25) is 0 Å². The molecule has 0 N–H and O–H groups in total. The molecular weight excluding hydrogens is 310 g/mol. The van der Waals surface area contributed by atoms with Gasteiger partial charge in [-0.15, -0.1) is 0 Å². The lowest BCUT2D eigenvalue weighted by molar-refractivity contribution is 0.245. The molecule has 0 aromatic carbocycles. The van der Waals surface area contributed by atoms with Gasteiger partial charge in [-0.3, -0.25) is 4.90 Å². The van der Waals surface area contributed by atoms with E-state index in [0.29, 0.717) is 0 Å². The average molecular weight is 333 g/mol. The van der Waals surface area contributed by atoms with E-state index in [1.807, 2.05) is 13.2 Å². The van der Waals surface area contributed by atoms with E-state index >= 15 is 0 Å². The van der Waals surface area contributed by atoms with Crippen LogP contribution in [0, 0.1) is 20.8 Å². The van der Waals surface area contributed by atoms with Crippen molar-refractivity contribution in [2.24, 2.45) is 0 Å². The fourth-order valence-electron chi connectivity index (χ4n) is 2.80. The number of aryl methyl sites for hydroxylation is 2. The van der Waals surface area contributed by atoms with E-state index in [2.05, 4.69) is 33.6 Å². The summed E-state index contributed by atoms with van der Waals surface area (Å²) in [6, 6.07) is 0. The van der Waals surface area contributed by atoms with Gasteiger partial charge in [0.05, 0.1) is 5.69 Å². The topological polar surface area (TPSA) is 58.3 Å². The molecule has 0 bridgehead atoms. The molecule has 0 amide bonds. The van der Waals surface area contributed by atoms with Gasteiger partial charge >= 0.3 is 0 Å². The Bertz CT molecular complexity index is 679. The van der Waals surface area contributed by atoms with Crippen molar-refractivity contribution < 1.29 is 4.42 Å². The Morgan fingerprint density at radius 1 is 1.13 bits per heavy atom. The van der Waals surface area contributed by atoms with Crippen LogP contribution in [0.4, 0.5) is 5.82 Å². The SMILES string of the molecule is CSc1nc(C)c(C)c(N2CCN(Cc3ncoc3C)CC2)n1. The van der Waals surface area contributed by atoms with Crippen molar-refractivity contribution in [2.75, 3.05) is 37.3 Å². The first-order valence-electron chi connectivity index (χ1n) is 7.84. The molecule has 0 aliphatic carbocycles. The quantitative estimate of drug-likeness (QED) is 0.629. The molecular formula is C16H23N5OS. The van der Waals surface area contributed by atoms with Crippen molar-refractivity contribution in [1.82, 2.24) is 19.9 Å². The van der Waals surface area contributed by atoms with Crippen LogP contribution in [-0.2, 0) is 6.54 Å². The molecule has 6 nitrogen and oxygen atoms in total. The number of aromatic nitrogens is 3. The lowest BCUT2D eigenvalue weighted by atomic mass is 10.2. The Morgan fingerprint density at radius 2 is 1.87 bits per heavy atom. The number of nitrogens with zero attached hydrogens (tertiary/aromatic N) is 5. The van der Waals surface area contributed by atoms with E-state index < -0.39 is 0 Å². The highest BCUT2D eigenvalue weighted by atomic mass is 32.2. The Morgan fingerprint density at radius 3 is 2.48 bits per heavy atom. The van der Waals surface area contributed by atoms with Gasteiger partial charge in [-0.2, -0.15) is 0 Å². The van der Waals surface area contributed by atoms with Crippen molar-refractivity contribution in [3.8, 4) is 0 Å². The Kier molecular flexibility index (Phi) is 4.87. The van der Waals surface area contributed by atoms with Gasteiger partial charge in [0, 0.05) is 44.0 Å². The first-order valence-corrected chi connectivity index (χ1v) is 9.06. The predicted octanol–water partition coefficient (Wildman–Crippen LogP) is 2.43. The summed E-state index contributed by atoms with van der Waals surface area (Å²) in [5, 5.41) is 0.851. The van der Waals surface area contributed by atoms with Crippen molar-refractivity contribution in [3.63, 3.8) is 0 Å². The summed E-state index contributed by atoms with van der Waals surface area (Å²) in [4.78, 5) is 18.3. The van der Waals surface area contributed by atoms with Crippen molar-refractivity contribution in [3.05, 3.63) is 29.1 Å². The summed E-state index contributed by atoms with van der Waals surface area (Å²) >= 11 is 1.60. The molecule has 1 aliphatic rings. The summed E-state index contributed by atoms with van der Waals surface area (Å²) in [6.45, 7) is 10.9. The van der Waals surface area contributed by atoms with Crippen LogP contribution < -0.4 is 4.90 Å². The fourth-order valence-corrected chi connectivity index (χ4v) is 3.20. The minimum absolute atomic E-state index is 0.851. The largest absolute Gasteiger partial charge is 0.448 e. The van der Waals surface area contributed by atoms with E-state index in [9.17, 15) is 0 Å². The van der Waals surface area contributed by atoms with Gasteiger partial charge in [0.15, 0.2) is 11.6 Å². The zero-order valence-electron chi connectivity index (χ0n) is 14.2. The number of piperazine rings is 1. The summed E-state index contributed by atoms with van der Waals surface area (Å²) in [6.07, 6.45) is 3.55. The Labute approximate surface area is 141 Å². The number of hydrogen-bond donors (Lipinski definition) is 0. The molecule has 23 heavy (non-hydrogen) atoms. The van der Waals surface area contributed by atoms with Gasteiger partial charge in [0.25, 0.3) is 0 Å². The highest BCUT2D eigenvalue weighted by Gasteiger charge is 2.22. The molecule has 124 valence electrons. The van der Waals surface area contributed by atoms with Gasteiger partial charge in [0.1, 0.15) is 11.6 Å². The van der Waals surface area contributed by atoms with E-state index in [1.54, 1.807) is 11.8 Å². The monoisotopic (exact) mass is 333 g/mol. The maximum absolute atomic E-state index is 5.28. The van der Waals surface area contributed by atoms with E-state index in [-0.39, 0.29) is 0 Å². The van der Waals surface area contributed by atoms with Crippen LogP contribution in [0.5, 0.6) is 0 Å². The van der Waals surface area contributed by atoms with Crippen LogP contribution >= 0.6 is 11.8 Å². The maximum Gasteiger partial charge on any atom is 0.189 e. The molecule has 2 aromatic rings. The highest BCUT2D eigenvalue weighted by Crippen LogP contribution is 2.24. The normalized spacial score (nSPS) is 16.1. The van der Waals surface area contributed by atoms with Crippen LogP contribution in [0.15, 0.2) is 16.0 Å². The summed E-state index contributed by atoms with van der Waals surface area (Å²) < 4.78 is 5.28. The van der Waals surface area contributed by atoms with Gasteiger partial charge in [-0.25, -0.2) is 15.0 Å². The predicted molar refractivity (Wildman–Crippen MR) is 92.0 cm³/mol. The van der Waals surface area contributed by atoms with Gasteiger partial charge < -0.3 is 9.32 Å². The molecule has 0 unspecified atom stereocenters. The number of anilines is 1. The Hall–Kier alpha value is -1.60. The van der Waals surface area contributed by atoms with Crippen LogP contribution in [0.25, 0.3) is 0 Å². The van der Waals surface area contributed by atoms with Gasteiger partial charge in [-0.1, -0.05) is 11.8 Å². The molecule has 1 aliphatic heterocycles. The maximum atomic E-state index is 5.28. The average Bonchev–Trinajstić information content (AvgIpc) is 2.96. The second kappa shape index (κ2) is 6.88. The highest BCUT2D eigenvalue weighted by molar-refractivity contribution is 7.98. The van der Waals surface area contributed by atoms with Crippen LogP contribution in [0.3, 0.4) is 0 Å². The fraction of sp³-hybridized carbons (Fsp3) is 0.562. The van der Waals surface area contributed by atoms with Crippen LogP contribution in [-0.4, -0.2) is 52.3 Å². The number of oxazole rings is 1. The summed E-state index contributed by atoms with van der Waals surface area (Å²) in [7, 11) is 0. The third kappa shape index (κ3) is 3.50. The number of thioether (sulfide) groups is 1. The molecule has 2 aromatic heterocycles. The van der Waals surface area contributed by atoms with Crippen LogP contribution in [0.1, 0.15) is 22.7 Å². The first kappa shape index (κ1) is 16.3. The van der Waals surface area contributed by atoms with Crippen molar-refractivity contribution >= 4 is 17.6 Å². The first-order chi connectivity index (χ1) is 11.1. The zero-order valence-corrected chi connectivity index (χ0v) is 15.0. The molecule has 0 radical (unpaired) electrons. The molecule has 1 saturated heterocycles. The van der Waals surface area contributed by atoms with E-state index in [1.165, 1.54) is 12.0 Å². The van der Waals surface area contributed by atoms with E-state index in [4.69, 9.17) is 9.40 Å². The second-order valence-electron chi connectivity index (χ2n) is 5.86. The molecule has 0 atom stereocenters. The smallest absolute Gasteiger partial charge is 0.189 e. The third-order valence-electron chi connectivity index (χ3n) is 4.42. The lowest BCUT2D eigenvalue weighted by Gasteiger charge is -2.36. The third-order valence-corrected chi connectivity index (χ3v) is 4.96. The molecule has 7 heteroatoms. The Balaban J connectivity index is 1.67. The minimum Gasteiger partial charge on any atom is -0.448 e. The second-order valence-corrected chi connectivity index (χ2v) is 6.64. The molecule has 1 fully saturated rings. The number of rotatable bonds is 4. The summed E-state index contributed by atoms with van der Waals surface area (Å²) in [5.41, 5.74) is 3.29. The van der Waals surface area contributed by atoms with E-state index in [0.717, 1.165) is 60.8 Å². The minimum atomic E-state index is 0.851. The number of hydrogen-bond acceptors (Lipinski definition) is 7. The van der Waals surface area contributed by atoms with Gasteiger partial charge in [-0.05, 0) is 27.0 Å².